The van der Waals surface area contributed by atoms with E-state index < -0.39 is 0 Å². The zero-order chi connectivity index (χ0) is 20.8. The second kappa shape index (κ2) is 8.78. The van der Waals surface area contributed by atoms with E-state index in [1.807, 2.05) is 24.3 Å². The minimum atomic E-state index is -0.338. The fourth-order valence-electron chi connectivity index (χ4n) is 2.81. The van der Waals surface area contributed by atoms with Crippen molar-refractivity contribution in [2.24, 2.45) is 0 Å². The van der Waals surface area contributed by atoms with Crippen molar-refractivity contribution in [3.8, 4) is 28.4 Å². The SMILES string of the molecule is COc1cnc(-c2ccc(NC(=O)Nc3ccncc3)cc2)nc1-c1ccncc1. The molecule has 4 aromatic rings. The van der Waals surface area contributed by atoms with Crippen LogP contribution < -0.4 is 15.4 Å². The molecule has 2 amide bonds. The molecular formula is C22H18N6O2. The summed E-state index contributed by atoms with van der Waals surface area (Å²) in [4.78, 5) is 29.1. The van der Waals surface area contributed by atoms with E-state index in [-0.39, 0.29) is 6.03 Å². The number of urea groups is 1. The van der Waals surface area contributed by atoms with Crippen LogP contribution >= 0.6 is 0 Å². The highest BCUT2D eigenvalue weighted by Crippen LogP contribution is 2.29. The highest BCUT2D eigenvalue weighted by Gasteiger charge is 2.12. The smallest absolute Gasteiger partial charge is 0.323 e. The Balaban J connectivity index is 1.52. The lowest BCUT2D eigenvalue weighted by Gasteiger charge is -2.10. The summed E-state index contributed by atoms with van der Waals surface area (Å²) >= 11 is 0. The quantitative estimate of drug-likeness (QED) is 0.521. The van der Waals surface area contributed by atoms with Gasteiger partial charge in [-0.3, -0.25) is 9.97 Å². The number of nitrogens with one attached hydrogen (secondary N) is 2. The lowest BCUT2D eigenvalue weighted by atomic mass is 10.1. The number of aromatic nitrogens is 4. The lowest BCUT2D eigenvalue weighted by Crippen LogP contribution is -2.19. The van der Waals surface area contributed by atoms with Gasteiger partial charge in [-0.2, -0.15) is 0 Å². The minimum Gasteiger partial charge on any atom is -0.493 e. The number of nitrogens with zero attached hydrogens (tertiary/aromatic N) is 4. The van der Waals surface area contributed by atoms with Crippen LogP contribution in [0.15, 0.2) is 79.5 Å². The van der Waals surface area contributed by atoms with Crippen LogP contribution in [-0.4, -0.2) is 33.1 Å². The van der Waals surface area contributed by atoms with E-state index in [2.05, 4.69) is 30.6 Å². The Morgan fingerprint density at radius 2 is 1.40 bits per heavy atom. The molecule has 8 heteroatoms. The van der Waals surface area contributed by atoms with E-state index in [1.165, 1.54) is 0 Å². The maximum Gasteiger partial charge on any atom is 0.323 e. The largest absolute Gasteiger partial charge is 0.493 e. The maximum absolute atomic E-state index is 12.1. The van der Waals surface area contributed by atoms with Crippen LogP contribution in [0.25, 0.3) is 22.6 Å². The average molecular weight is 398 g/mol. The summed E-state index contributed by atoms with van der Waals surface area (Å²) in [6, 6.07) is 14.1. The minimum absolute atomic E-state index is 0.338. The van der Waals surface area contributed by atoms with E-state index in [9.17, 15) is 4.79 Å². The number of anilines is 2. The Morgan fingerprint density at radius 1 is 0.800 bits per heavy atom. The van der Waals surface area contributed by atoms with Gasteiger partial charge in [0, 0.05) is 47.3 Å². The Kier molecular flexibility index (Phi) is 5.56. The summed E-state index contributed by atoms with van der Waals surface area (Å²) in [6.07, 6.45) is 8.27. The Bertz CT molecular complexity index is 1140. The summed E-state index contributed by atoms with van der Waals surface area (Å²) in [5.74, 6) is 1.13. The molecule has 0 aliphatic heterocycles. The molecule has 0 atom stereocenters. The molecular weight excluding hydrogens is 380 g/mol. The zero-order valence-electron chi connectivity index (χ0n) is 16.1. The molecule has 3 heterocycles. The number of amides is 2. The van der Waals surface area contributed by atoms with Crippen LogP contribution in [0.3, 0.4) is 0 Å². The summed E-state index contributed by atoms with van der Waals surface area (Å²) in [7, 11) is 1.58. The molecule has 0 bridgehead atoms. The van der Waals surface area contributed by atoms with Crippen molar-refractivity contribution in [3.63, 3.8) is 0 Å². The maximum atomic E-state index is 12.1. The van der Waals surface area contributed by atoms with Crippen molar-refractivity contribution in [2.45, 2.75) is 0 Å². The lowest BCUT2D eigenvalue weighted by molar-refractivity contribution is 0.262. The van der Waals surface area contributed by atoms with Crippen molar-refractivity contribution in [3.05, 3.63) is 79.5 Å². The highest BCUT2D eigenvalue weighted by atomic mass is 16.5. The molecule has 0 spiro atoms. The summed E-state index contributed by atoms with van der Waals surface area (Å²) < 4.78 is 5.40. The first-order valence-corrected chi connectivity index (χ1v) is 9.13. The van der Waals surface area contributed by atoms with Gasteiger partial charge in [0.05, 0.1) is 13.3 Å². The Hall–Kier alpha value is -4.33. The van der Waals surface area contributed by atoms with E-state index in [0.29, 0.717) is 28.6 Å². The monoisotopic (exact) mass is 398 g/mol. The number of hydrogen-bond donors (Lipinski definition) is 2. The molecule has 0 aliphatic rings. The molecule has 148 valence electrons. The zero-order valence-corrected chi connectivity index (χ0v) is 16.1. The average Bonchev–Trinajstić information content (AvgIpc) is 2.80. The van der Waals surface area contributed by atoms with Gasteiger partial charge in [0.1, 0.15) is 5.69 Å². The van der Waals surface area contributed by atoms with Gasteiger partial charge in [0.25, 0.3) is 0 Å². The predicted molar refractivity (Wildman–Crippen MR) is 114 cm³/mol. The molecule has 8 nitrogen and oxygen atoms in total. The molecule has 3 aromatic heterocycles. The predicted octanol–water partition coefficient (Wildman–Crippen LogP) is 4.25. The van der Waals surface area contributed by atoms with Crippen LogP contribution in [0.2, 0.25) is 0 Å². The molecule has 0 aliphatic carbocycles. The van der Waals surface area contributed by atoms with Gasteiger partial charge < -0.3 is 15.4 Å². The number of pyridine rings is 2. The highest BCUT2D eigenvalue weighted by molar-refractivity contribution is 5.99. The van der Waals surface area contributed by atoms with Gasteiger partial charge in [0.15, 0.2) is 11.6 Å². The molecule has 0 saturated carbocycles. The standard InChI is InChI=1S/C22H18N6O2/c1-30-19-14-25-21(28-20(19)15-6-10-23-11-7-15)16-2-4-17(5-3-16)26-22(29)27-18-8-12-24-13-9-18/h2-14H,1H3,(H2,24,26,27,29). The van der Waals surface area contributed by atoms with Crippen molar-refractivity contribution < 1.29 is 9.53 Å². The first kappa shape index (κ1) is 19.0. The first-order valence-electron chi connectivity index (χ1n) is 9.13. The van der Waals surface area contributed by atoms with Crippen LogP contribution in [0, 0.1) is 0 Å². The van der Waals surface area contributed by atoms with Gasteiger partial charge in [-0.15, -0.1) is 0 Å². The third kappa shape index (κ3) is 4.39. The fourth-order valence-corrected chi connectivity index (χ4v) is 2.81. The molecule has 0 radical (unpaired) electrons. The van der Waals surface area contributed by atoms with Crippen molar-refractivity contribution in [1.82, 2.24) is 19.9 Å². The third-order valence-corrected chi connectivity index (χ3v) is 4.27. The second-order valence-corrected chi connectivity index (χ2v) is 6.24. The van der Waals surface area contributed by atoms with E-state index in [4.69, 9.17) is 4.74 Å². The van der Waals surface area contributed by atoms with Gasteiger partial charge in [-0.25, -0.2) is 14.8 Å². The third-order valence-electron chi connectivity index (χ3n) is 4.27. The van der Waals surface area contributed by atoms with Crippen LogP contribution in [0.5, 0.6) is 5.75 Å². The molecule has 1 aromatic carbocycles. The normalized spacial score (nSPS) is 10.3. The Labute approximate surface area is 173 Å². The van der Waals surface area contributed by atoms with Crippen molar-refractivity contribution >= 4 is 17.4 Å². The molecule has 2 N–H and O–H groups in total. The number of methoxy groups -OCH3 is 1. The van der Waals surface area contributed by atoms with Crippen LogP contribution in [0.1, 0.15) is 0 Å². The van der Waals surface area contributed by atoms with Crippen molar-refractivity contribution in [1.29, 1.82) is 0 Å². The number of carbonyl (C=O) groups is 1. The summed E-state index contributed by atoms with van der Waals surface area (Å²) in [5.41, 5.74) is 3.69. The van der Waals surface area contributed by atoms with E-state index >= 15 is 0 Å². The van der Waals surface area contributed by atoms with Gasteiger partial charge in [0.2, 0.25) is 0 Å². The van der Waals surface area contributed by atoms with E-state index in [1.54, 1.807) is 62.4 Å². The summed E-state index contributed by atoms with van der Waals surface area (Å²) in [6.45, 7) is 0. The van der Waals surface area contributed by atoms with Gasteiger partial charge in [-0.05, 0) is 48.5 Å². The molecule has 0 saturated heterocycles. The molecule has 0 fully saturated rings. The number of rotatable bonds is 5. The fraction of sp³-hybridized carbons (Fsp3) is 0.0455. The van der Waals surface area contributed by atoms with Crippen LogP contribution in [-0.2, 0) is 0 Å². The van der Waals surface area contributed by atoms with Crippen LogP contribution in [0.4, 0.5) is 16.2 Å². The first-order chi connectivity index (χ1) is 14.7. The Morgan fingerprint density at radius 3 is 2.03 bits per heavy atom. The van der Waals surface area contributed by atoms with Gasteiger partial charge in [-0.1, -0.05) is 0 Å². The topological polar surface area (TPSA) is 102 Å². The molecule has 30 heavy (non-hydrogen) atoms. The van der Waals surface area contributed by atoms with E-state index in [0.717, 1.165) is 11.1 Å². The second-order valence-electron chi connectivity index (χ2n) is 6.24. The number of benzene rings is 1. The number of carbonyl (C=O) groups excluding carboxylic acids is 1. The number of hydrogen-bond acceptors (Lipinski definition) is 6. The van der Waals surface area contributed by atoms with Crippen molar-refractivity contribution in [2.75, 3.05) is 17.7 Å². The summed E-state index contributed by atoms with van der Waals surface area (Å²) in [5, 5.41) is 5.53. The number of ether oxygens (including phenoxy) is 1. The van der Waals surface area contributed by atoms with Gasteiger partial charge >= 0.3 is 6.03 Å². The molecule has 4 rings (SSSR count). The molecule has 0 unspecified atom stereocenters.